The molecule has 0 aliphatic rings. The van der Waals surface area contributed by atoms with Crippen molar-refractivity contribution in [2.75, 3.05) is 0 Å². The van der Waals surface area contributed by atoms with Crippen LogP contribution in [0.25, 0.3) is 0 Å². The molecule has 0 aromatic carbocycles. The quantitative estimate of drug-likeness (QED) is 0.428. The van der Waals surface area contributed by atoms with Gasteiger partial charge in [-0.05, 0) is 0 Å². The van der Waals surface area contributed by atoms with Gasteiger partial charge in [-0.3, -0.25) is 0 Å². The summed E-state index contributed by atoms with van der Waals surface area (Å²) >= 11 is 0. The topological polar surface area (TPSA) is 0 Å². The number of hydrogen-bond acceptors (Lipinski definition) is 0. The number of rotatable bonds is 0. The van der Waals surface area contributed by atoms with Crippen molar-refractivity contribution in [2.45, 2.75) is 0 Å². The van der Waals surface area contributed by atoms with Gasteiger partial charge in [0.1, 0.15) is 0 Å². The van der Waals surface area contributed by atoms with E-state index in [0.717, 1.165) is 0 Å². The van der Waals surface area contributed by atoms with Crippen LogP contribution in [-0.4, -0.2) is 0 Å². The third kappa shape index (κ3) is 240. The van der Waals surface area contributed by atoms with Crippen LogP contribution in [0.4, 0.5) is 13.2 Å². The molecule has 0 spiro atoms. The van der Waals surface area contributed by atoms with Crippen molar-refractivity contribution >= 4 is 0 Å². The van der Waals surface area contributed by atoms with Gasteiger partial charge in [0.25, 0.3) is 0 Å². The Bertz CT molecular complexity index is 11.6. The average Bonchev–Trinajstić information content (AvgIpc) is 0.811. The summed E-state index contributed by atoms with van der Waals surface area (Å²) in [5.41, 5.74) is 0. The molecule has 5 heavy (non-hydrogen) atoms. The van der Waals surface area contributed by atoms with Gasteiger partial charge in [0, 0.05) is 17.1 Å². The third-order valence-electron chi connectivity index (χ3n) is 0. The maximum atomic E-state index is 9.58. The molecule has 0 rings (SSSR count). The average molecular weight is 125 g/mol. The molecule has 0 saturated carbocycles. The van der Waals surface area contributed by atoms with Crippen LogP contribution in [0.5, 0.6) is 0 Å². The largest absolute Gasteiger partial charge is 0.487 e. The SMILES string of the molecule is F[C](F)F.[Fe]. The fraction of sp³-hybridized carbons (Fsp3) is 0. The molecule has 0 fully saturated rings. The second kappa shape index (κ2) is 4.31. The minimum atomic E-state index is -3.08. The van der Waals surface area contributed by atoms with Crippen LogP contribution >= 0.6 is 0 Å². The molecule has 0 aromatic rings. The normalized spacial score (nSPS) is 7.20. The molecule has 33 valence electrons. The molecule has 4 heteroatoms. The molecule has 1 radical (unpaired) electrons. The van der Waals surface area contributed by atoms with Crippen molar-refractivity contribution in [2.24, 2.45) is 0 Å². The third-order valence-corrected chi connectivity index (χ3v) is 0. The molecule has 0 aromatic heterocycles. The van der Waals surface area contributed by atoms with Crippen LogP contribution in [0.3, 0.4) is 0 Å². The zero-order chi connectivity index (χ0) is 3.58. The summed E-state index contributed by atoms with van der Waals surface area (Å²) in [5.74, 6) is 0. The van der Waals surface area contributed by atoms with Gasteiger partial charge in [0.15, 0.2) is 0 Å². The first-order chi connectivity index (χ1) is 1.73. The predicted octanol–water partition coefficient (Wildman–Crippen LogP) is 1.34. The Morgan fingerprint density at radius 3 is 1.00 bits per heavy atom. The van der Waals surface area contributed by atoms with Gasteiger partial charge in [-0.15, -0.1) is 0 Å². The zero-order valence-corrected chi connectivity index (χ0v) is 3.09. The van der Waals surface area contributed by atoms with Gasteiger partial charge in [0.05, 0.1) is 0 Å². The zero-order valence-electron chi connectivity index (χ0n) is 1.99. The Kier molecular flexibility index (Phi) is 7.76. The van der Waals surface area contributed by atoms with Crippen molar-refractivity contribution in [1.29, 1.82) is 0 Å². The van der Waals surface area contributed by atoms with Gasteiger partial charge in [-0.1, -0.05) is 0 Å². The Morgan fingerprint density at radius 1 is 1.00 bits per heavy atom. The number of halogens is 3. The van der Waals surface area contributed by atoms with Crippen LogP contribution in [-0.2, 0) is 17.1 Å². The minimum absolute atomic E-state index is 0. The molecule has 0 aliphatic carbocycles. The molecule has 0 bridgehead atoms. The molecule has 0 amide bonds. The van der Waals surface area contributed by atoms with Gasteiger partial charge < -0.3 is 0 Å². The van der Waals surface area contributed by atoms with E-state index in [1.165, 1.54) is 0 Å². The van der Waals surface area contributed by atoms with E-state index in [1.807, 2.05) is 0 Å². The number of hydrogen-bond donors (Lipinski definition) is 0. The first-order valence-electron chi connectivity index (χ1n) is 0.567. The van der Waals surface area contributed by atoms with E-state index in [-0.39, 0.29) is 17.1 Å². The summed E-state index contributed by atoms with van der Waals surface area (Å²) < 4.78 is 28.8. The van der Waals surface area contributed by atoms with E-state index in [4.69, 9.17) is 0 Å². The maximum absolute atomic E-state index is 9.58. The molecule has 0 unspecified atom stereocenters. The summed E-state index contributed by atoms with van der Waals surface area (Å²) in [6.45, 7) is -3.08. The van der Waals surface area contributed by atoms with E-state index < -0.39 is 6.68 Å². The maximum Gasteiger partial charge on any atom is 0.487 e. The van der Waals surface area contributed by atoms with Crippen LogP contribution in [0.1, 0.15) is 0 Å². The second-order valence-electron chi connectivity index (χ2n) is 0.214. The molecule has 0 saturated heterocycles. The Hall–Kier alpha value is 0.309. The van der Waals surface area contributed by atoms with Crippen LogP contribution < -0.4 is 0 Å². The van der Waals surface area contributed by atoms with Crippen molar-refractivity contribution in [3.8, 4) is 0 Å². The Balaban J connectivity index is 0. The van der Waals surface area contributed by atoms with Gasteiger partial charge in [0.2, 0.25) is 0 Å². The van der Waals surface area contributed by atoms with Crippen LogP contribution in [0.2, 0.25) is 0 Å². The van der Waals surface area contributed by atoms with E-state index in [0.29, 0.717) is 0 Å². The van der Waals surface area contributed by atoms with E-state index in [2.05, 4.69) is 0 Å². The van der Waals surface area contributed by atoms with Crippen molar-refractivity contribution in [3.63, 3.8) is 0 Å². The Morgan fingerprint density at radius 2 is 1.00 bits per heavy atom. The Labute approximate surface area is 37.8 Å². The summed E-state index contributed by atoms with van der Waals surface area (Å²) in [6, 6.07) is 0. The monoisotopic (exact) mass is 125 g/mol. The molecule has 0 N–H and O–H groups in total. The molecule has 0 atom stereocenters. The molecule has 0 heterocycles. The first-order valence-corrected chi connectivity index (χ1v) is 0.567. The van der Waals surface area contributed by atoms with Gasteiger partial charge in [-0.25, -0.2) is 0 Å². The fourth-order valence-corrected chi connectivity index (χ4v) is 0. The minimum Gasteiger partial charge on any atom is -0.162 e. The van der Waals surface area contributed by atoms with Crippen LogP contribution in [0, 0.1) is 6.68 Å². The molecule has 0 aliphatic heterocycles. The molecular weight excluding hydrogens is 125 g/mol. The summed E-state index contributed by atoms with van der Waals surface area (Å²) in [6.07, 6.45) is 0. The van der Waals surface area contributed by atoms with Crippen molar-refractivity contribution < 1.29 is 30.2 Å². The van der Waals surface area contributed by atoms with Crippen LogP contribution in [0.15, 0.2) is 0 Å². The fourth-order valence-electron chi connectivity index (χ4n) is 0. The summed E-state index contributed by atoms with van der Waals surface area (Å²) in [4.78, 5) is 0. The molecule has 0 nitrogen and oxygen atoms in total. The smallest absolute Gasteiger partial charge is 0.162 e. The van der Waals surface area contributed by atoms with Crippen molar-refractivity contribution in [1.82, 2.24) is 0 Å². The van der Waals surface area contributed by atoms with E-state index in [9.17, 15) is 13.2 Å². The predicted molar refractivity (Wildman–Crippen MR) is 6.57 cm³/mol. The standard InChI is InChI=1S/CF3.Fe/c2-1(3)4;. The summed E-state index contributed by atoms with van der Waals surface area (Å²) in [7, 11) is 0. The van der Waals surface area contributed by atoms with E-state index in [1.54, 1.807) is 0 Å². The van der Waals surface area contributed by atoms with Gasteiger partial charge in [-0.2, -0.15) is 13.2 Å². The second-order valence-corrected chi connectivity index (χ2v) is 0.214. The van der Waals surface area contributed by atoms with Crippen molar-refractivity contribution in [3.05, 3.63) is 6.68 Å². The first kappa shape index (κ1) is 9.00. The molecular formula is CF3Fe. The van der Waals surface area contributed by atoms with Gasteiger partial charge >= 0.3 is 6.68 Å². The van der Waals surface area contributed by atoms with E-state index >= 15 is 0 Å². The summed E-state index contributed by atoms with van der Waals surface area (Å²) in [5, 5.41) is 0.